The fourth-order valence-corrected chi connectivity index (χ4v) is 2.98. The number of rotatable bonds is 3. The van der Waals surface area contributed by atoms with E-state index in [1.54, 1.807) is 0 Å². The first-order valence-corrected chi connectivity index (χ1v) is 7.09. The van der Waals surface area contributed by atoms with Crippen LogP contribution >= 0.6 is 12.4 Å². The lowest BCUT2D eigenvalue weighted by molar-refractivity contribution is 0.186. The predicted octanol–water partition coefficient (Wildman–Crippen LogP) is 2.25. The molecule has 3 heterocycles. The number of imidazole rings is 1. The Balaban J connectivity index is 0.00000147. The number of likely N-dealkylation sites (tertiary alicyclic amines) is 1. The van der Waals surface area contributed by atoms with Gasteiger partial charge in [0.15, 0.2) is 0 Å². The van der Waals surface area contributed by atoms with Crippen LogP contribution in [0.5, 0.6) is 0 Å². The molecule has 3 rings (SSSR count). The molecular weight excluding hydrogens is 272 g/mol. The van der Waals surface area contributed by atoms with Crippen molar-refractivity contribution in [1.29, 1.82) is 0 Å². The van der Waals surface area contributed by atoms with E-state index < -0.39 is 0 Å². The number of aryl methyl sites for hydroxylation is 1. The predicted molar refractivity (Wildman–Crippen MR) is 84.5 cm³/mol. The normalized spacial score (nSPS) is 20.0. The molecule has 2 aromatic heterocycles. The van der Waals surface area contributed by atoms with Crippen molar-refractivity contribution in [3.8, 4) is 0 Å². The quantitative estimate of drug-likeness (QED) is 0.942. The monoisotopic (exact) mass is 294 g/mol. The van der Waals surface area contributed by atoms with Crippen LogP contribution in [0.3, 0.4) is 0 Å². The van der Waals surface area contributed by atoms with Crippen LogP contribution in [0.1, 0.15) is 24.1 Å². The highest BCUT2D eigenvalue weighted by atomic mass is 35.5. The van der Waals surface area contributed by atoms with E-state index in [9.17, 15) is 0 Å². The van der Waals surface area contributed by atoms with Crippen molar-refractivity contribution >= 4 is 18.1 Å². The molecule has 1 unspecified atom stereocenters. The zero-order valence-corrected chi connectivity index (χ0v) is 13.0. The molecule has 110 valence electrons. The number of halogens is 1. The maximum Gasteiger partial charge on any atom is 0.139 e. The molecule has 1 N–H and O–H groups in total. The number of nitrogens with zero attached hydrogens (tertiary/aromatic N) is 3. The summed E-state index contributed by atoms with van der Waals surface area (Å²) in [7, 11) is 2.06. The van der Waals surface area contributed by atoms with Crippen LogP contribution in [0.15, 0.2) is 24.5 Å². The van der Waals surface area contributed by atoms with Crippen LogP contribution < -0.4 is 5.32 Å². The summed E-state index contributed by atoms with van der Waals surface area (Å²) in [4.78, 5) is 7.07. The Labute approximate surface area is 126 Å². The molecule has 1 aliphatic heterocycles. The van der Waals surface area contributed by atoms with Crippen LogP contribution in [0.25, 0.3) is 5.65 Å². The van der Waals surface area contributed by atoms with E-state index in [1.165, 1.54) is 30.6 Å². The van der Waals surface area contributed by atoms with Gasteiger partial charge in [-0.1, -0.05) is 6.07 Å². The molecule has 0 spiro atoms. The van der Waals surface area contributed by atoms with Gasteiger partial charge >= 0.3 is 0 Å². The largest absolute Gasteiger partial charge is 0.316 e. The summed E-state index contributed by atoms with van der Waals surface area (Å²) in [5, 5.41) is 3.40. The smallest absolute Gasteiger partial charge is 0.139 e. The van der Waals surface area contributed by atoms with Gasteiger partial charge in [0.25, 0.3) is 0 Å². The summed E-state index contributed by atoms with van der Waals surface area (Å²) < 4.78 is 2.22. The van der Waals surface area contributed by atoms with Gasteiger partial charge in [-0.25, -0.2) is 4.98 Å². The SMILES string of the molecule is CNC1CCCN(Cc2cnc3c(C)cccn23)C1.Cl. The van der Waals surface area contributed by atoms with E-state index in [-0.39, 0.29) is 12.4 Å². The van der Waals surface area contributed by atoms with Crippen molar-refractivity contribution in [2.24, 2.45) is 0 Å². The second-order valence-corrected chi connectivity index (χ2v) is 5.50. The first-order chi connectivity index (χ1) is 9.28. The van der Waals surface area contributed by atoms with Crippen LogP contribution in [-0.2, 0) is 6.54 Å². The molecule has 4 nitrogen and oxygen atoms in total. The Bertz CT molecular complexity index is 566. The first-order valence-electron chi connectivity index (χ1n) is 7.09. The summed E-state index contributed by atoms with van der Waals surface area (Å²) >= 11 is 0. The number of hydrogen-bond donors (Lipinski definition) is 1. The zero-order chi connectivity index (χ0) is 13.2. The minimum absolute atomic E-state index is 0. The van der Waals surface area contributed by atoms with E-state index in [2.05, 4.69) is 51.9 Å². The fraction of sp³-hybridized carbons (Fsp3) is 0.533. The highest BCUT2D eigenvalue weighted by Gasteiger charge is 2.19. The molecule has 0 bridgehead atoms. The molecule has 1 atom stereocenters. The van der Waals surface area contributed by atoms with E-state index in [0.29, 0.717) is 6.04 Å². The van der Waals surface area contributed by atoms with Gasteiger partial charge in [-0.2, -0.15) is 0 Å². The topological polar surface area (TPSA) is 32.6 Å². The van der Waals surface area contributed by atoms with E-state index in [0.717, 1.165) is 18.7 Å². The van der Waals surface area contributed by atoms with Crippen molar-refractivity contribution in [1.82, 2.24) is 19.6 Å². The maximum absolute atomic E-state index is 4.54. The highest BCUT2D eigenvalue weighted by molar-refractivity contribution is 5.85. The second kappa shape index (κ2) is 6.57. The zero-order valence-electron chi connectivity index (χ0n) is 12.2. The van der Waals surface area contributed by atoms with E-state index in [4.69, 9.17) is 0 Å². The van der Waals surface area contributed by atoms with Gasteiger partial charge in [0.2, 0.25) is 0 Å². The number of piperidine rings is 1. The van der Waals surface area contributed by atoms with Gasteiger partial charge in [-0.3, -0.25) is 4.90 Å². The van der Waals surface area contributed by atoms with Crippen molar-refractivity contribution in [3.63, 3.8) is 0 Å². The lowest BCUT2D eigenvalue weighted by Crippen LogP contribution is -2.44. The molecular formula is C15H23ClN4. The van der Waals surface area contributed by atoms with Crippen molar-refractivity contribution in [2.75, 3.05) is 20.1 Å². The Morgan fingerprint density at radius 3 is 3.10 bits per heavy atom. The van der Waals surface area contributed by atoms with Gasteiger partial charge in [0.05, 0.1) is 11.9 Å². The molecule has 20 heavy (non-hydrogen) atoms. The highest BCUT2D eigenvalue weighted by Crippen LogP contribution is 2.16. The van der Waals surface area contributed by atoms with Gasteiger partial charge in [-0.05, 0) is 45.0 Å². The average Bonchev–Trinajstić information content (AvgIpc) is 2.84. The standard InChI is InChI=1S/C15H22N4.ClH/c1-12-5-3-8-19-14(9-17-15(12)19)11-18-7-4-6-13(10-18)16-2;/h3,5,8-9,13,16H,4,6-7,10-11H2,1-2H3;1H. The Morgan fingerprint density at radius 2 is 2.30 bits per heavy atom. The summed E-state index contributed by atoms with van der Waals surface area (Å²) in [6.45, 7) is 5.43. The summed E-state index contributed by atoms with van der Waals surface area (Å²) in [5.74, 6) is 0. The number of hydrogen-bond acceptors (Lipinski definition) is 3. The third-order valence-electron chi connectivity index (χ3n) is 4.11. The van der Waals surface area contributed by atoms with Gasteiger partial charge in [0, 0.05) is 25.3 Å². The van der Waals surface area contributed by atoms with Crippen molar-refractivity contribution in [2.45, 2.75) is 32.4 Å². The van der Waals surface area contributed by atoms with E-state index >= 15 is 0 Å². The molecule has 0 aromatic carbocycles. The number of fused-ring (bicyclic) bond motifs is 1. The average molecular weight is 295 g/mol. The molecule has 2 aromatic rings. The Hall–Kier alpha value is -1.10. The molecule has 0 saturated carbocycles. The van der Waals surface area contributed by atoms with E-state index in [1.807, 2.05) is 6.20 Å². The van der Waals surface area contributed by atoms with Crippen molar-refractivity contribution < 1.29 is 0 Å². The Kier molecular flexibility index (Phi) is 5.02. The minimum atomic E-state index is 0. The molecule has 0 radical (unpaired) electrons. The molecule has 5 heteroatoms. The fourth-order valence-electron chi connectivity index (χ4n) is 2.98. The third kappa shape index (κ3) is 2.97. The third-order valence-corrected chi connectivity index (χ3v) is 4.11. The van der Waals surface area contributed by atoms with Gasteiger partial charge in [0.1, 0.15) is 5.65 Å². The molecule has 0 aliphatic carbocycles. The minimum Gasteiger partial charge on any atom is -0.316 e. The van der Waals surface area contributed by atoms with Gasteiger partial charge in [-0.15, -0.1) is 12.4 Å². The summed E-state index contributed by atoms with van der Waals surface area (Å²) in [5.41, 5.74) is 3.61. The summed E-state index contributed by atoms with van der Waals surface area (Å²) in [6, 6.07) is 4.85. The second-order valence-electron chi connectivity index (χ2n) is 5.50. The number of nitrogens with one attached hydrogen (secondary N) is 1. The van der Waals surface area contributed by atoms with Crippen LogP contribution in [-0.4, -0.2) is 40.5 Å². The Morgan fingerprint density at radius 1 is 1.45 bits per heavy atom. The van der Waals surface area contributed by atoms with Gasteiger partial charge < -0.3 is 9.72 Å². The maximum atomic E-state index is 4.54. The summed E-state index contributed by atoms with van der Waals surface area (Å²) in [6.07, 6.45) is 6.70. The van der Waals surface area contributed by atoms with Crippen LogP contribution in [0, 0.1) is 6.92 Å². The van der Waals surface area contributed by atoms with Crippen LogP contribution in [0.4, 0.5) is 0 Å². The lowest BCUT2D eigenvalue weighted by atomic mass is 10.1. The first kappa shape index (κ1) is 15.3. The molecule has 1 saturated heterocycles. The number of likely N-dealkylation sites (N-methyl/N-ethyl adjacent to an activating group) is 1. The van der Waals surface area contributed by atoms with Crippen molar-refractivity contribution in [3.05, 3.63) is 35.8 Å². The van der Waals surface area contributed by atoms with Crippen LogP contribution in [0.2, 0.25) is 0 Å². The lowest BCUT2D eigenvalue weighted by Gasteiger charge is -2.32. The molecule has 1 aliphatic rings. The molecule has 1 fully saturated rings. The molecule has 0 amide bonds. The number of pyridine rings is 1. The number of aromatic nitrogens is 2.